The van der Waals surface area contributed by atoms with Crippen molar-refractivity contribution in [2.75, 3.05) is 6.61 Å². The van der Waals surface area contributed by atoms with Crippen LogP contribution in [0.15, 0.2) is 24.3 Å². The fraction of sp³-hybridized carbons (Fsp3) is 0.250. The van der Waals surface area contributed by atoms with E-state index in [9.17, 15) is 13.6 Å². The minimum absolute atomic E-state index is 0.00806. The first-order valence-corrected chi connectivity index (χ1v) is 6.20. The molecular formula is C12H10ClF2N3O3. The molecule has 21 heavy (non-hydrogen) atoms. The zero-order chi connectivity index (χ0) is 15.4. The van der Waals surface area contributed by atoms with Gasteiger partial charge in [-0.25, -0.2) is 18.3 Å². The van der Waals surface area contributed by atoms with Crippen molar-refractivity contribution in [1.82, 2.24) is 15.0 Å². The Labute approximate surface area is 122 Å². The van der Waals surface area contributed by atoms with Crippen LogP contribution in [0.4, 0.5) is 8.78 Å². The van der Waals surface area contributed by atoms with Crippen LogP contribution in [0.5, 0.6) is 5.75 Å². The third kappa shape index (κ3) is 3.46. The number of benzene rings is 1. The quantitative estimate of drug-likeness (QED) is 0.886. The first kappa shape index (κ1) is 15.2. The van der Waals surface area contributed by atoms with Crippen LogP contribution in [0.3, 0.4) is 0 Å². The number of hydrogen-bond donors (Lipinski definition) is 1. The molecule has 112 valence electrons. The van der Waals surface area contributed by atoms with E-state index in [0.717, 1.165) is 4.68 Å². The van der Waals surface area contributed by atoms with E-state index in [2.05, 4.69) is 10.3 Å². The number of alkyl halides is 2. The van der Waals surface area contributed by atoms with Gasteiger partial charge in [-0.05, 0) is 12.1 Å². The number of nitrogens with zero attached hydrogens (tertiary/aromatic N) is 3. The molecule has 6 nitrogen and oxygen atoms in total. The lowest BCUT2D eigenvalue weighted by atomic mass is 10.3. The highest BCUT2D eigenvalue weighted by atomic mass is 35.5. The van der Waals surface area contributed by atoms with Crippen LogP contribution in [0, 0.1) is 0 Å². The van der Waals surface area contributed by atoms with Crippen LogP contribution >= 0.6 is 11.6 Å². The Morgan fingerprint density at radius 3 is 2.76 bits per heavy atom. The summed E-state index contributed by atoms with van der Waals surface area (Å²) in [5.41, 5.74) is -1.51. The van der Waals surface area contributed by atoms with Crippen molar-refractivity contribution in [3.05, 3.63) is 40.7 Å². The van der Waals surface area contributed by atoms with E-state index < -0.39 is 23.8 Å². The van der Waals surface area contributed by atoms with Crippen molar-refractivity contribution in [1.29, 1.82) is 0 Å². The van der Waals surface area contributed by atoms with Gasteiger partial charge in [-0.15, -0.1) is 5.10 Å². The zero-order valence-corrected chi connectivity index (χ0v) is 11.3. The van der Waals surface area contributed by atoms with Crippen LogP contribution in [0.2, 0.25) is 5.02 Å². The smallest absolute Gasteiger partial charge is 0.358 e. The molecule has 0 spiro atoms. The summed E-state index contributed by atoms with van der Waals surface area (Å²) in [5, 5.41) is 15.8. The summed E-state index contributed by atoms with van der Waals surface area (Å²) in [6.45, 7) is -0.0863. The van der Waals surface area contributed by atoms with Crippen LogP contribution in [0.1, 0.15) is 22.6 Å². The van der Waals surface area contributed by atoms with Gasteiger partial charge in [0.1, 0.15) is 18.1 Å². The van der Waals surface area contributed by atoms with E-state index in [1.807, 2.05) is 0 Å². The van der Waals surface area contributed by atoms with Crippen molar-refractivity contribution in [2.24, 2.45) is 0 Å². The van der Waals surface area contributed by atoms with Crippen molar-refractivity contribution in [3.8, 4) is 5.75 Å². The second-order valence-corrected chi connectivity index (χ2v) is 4.34. The van der Waals surface area contributed by atoms with Crippen LogP contribution in [0.25, 0.3) is 0 Å². The summed E-state index contributed by atoms with van der Waals surface area (Å²) < 4.78 is 31.9. The Hall–Kier alpha value is -2.22. The molecule has 0 saturated carbocycles. The van der Waals surface area contributed by atoms with Crippen molar-refractivity contribution >= 4 is 17.6 Å². The topological polar surface area (TPSA) is 77.2 Å². The molecule has 1 heterocycles. The number of carbonyl (C=O) groups is 1. The molecule has 0 aliphatic carbocycles. The third-order valence-corrected chi connectivity index (χ3v) is 2.89. The lowest BCUT2D eigenvalue weighted by molar-refractivity contribution is 0.0675. The number of rotatable bonds is 6. The molecule has 2 aromatic rings. The number of ether oxygens (including phenoxy) is 1. The number of halogens is 3. The van der Waals surface area contributed by atoms with E-state index in [1.54, 1.807) is 24.3 Å². The predicted molar refractivity (Wildman–Crippen MR) is 68.9 cm³/mol. The maximum atomic E-state index is 12.9. The third-order valence-electron chi connectivity index (χ3n) is 2.58. The van der Waals surface area contributed by atoms with Gasteiger partial charge >= 0.3 is 5.97 Å². The zero-order valence-electron chi connectivity index (χ0n) is 10.5. The molecule has 0 atom stereocenters. The van der Waals surface area contributed by atoms with Crippen molar-refractivity contribution < 1.29 is 23.4 Å². The van der Waals surface area contributed by atoms with E-state index in [1.165, 1.54) is 0 Å². The molecule has 0 unspecified atom stereocenters. The van der Waals surface area contributed by atoms with E-state index in [0.29, 0.717) is 10.8 Å². The number of aromatic nitrogens is 3. The van der Waals surface area contributed by atoms with Gasteiger partial charge in [0.2, 0.25) is 0 Å². The highest BCUT2D eigenvalue weighted by molar-refractivity contribution is 6.32. The molecule has 0 aliphatic heterocycles. The summed E-state index contributed by atoms with van der Waals surface area (Å²) in [6.07, 6.45) is -2.99. The minimum Gasteiger partial charge on any atom is -0.490 e. The van der Waals surface area contributed by atoms with E-state index in [-0.39, 0.29) is 13.2 Å². The second kappa shape index (κ2) is 6.49. The number of hydrogen-bond acceptors (Lipinski definition) is 4. The summed E-state index contributed by atoms with van der Waals surface area (Å²) >= 11 is 5.88. The SMILES string of the molecule is O=C(O)c1nnn(CCOc2ccccc2Cl)c1C(F)F. The minimum atomic E-state index is -2.99. The molecule has 9 heteroatoms. The number of carboxylic acid groups (broad SMARTS) is 1. The maximum Gasteiger partial charge on any atom is 0.358 e. The van der Waals surface area contributed by atoms with Gasteiger partial charge in [-0.3, -0.25) is 0 Å². The summed E-state index contributed by atoms with van der Waals surface area (Å²) in [5.74, 6) is -1.15. The largest absolute Gasteiger partial charge is 0.490 e. The first-order valence-electron chi connectivity index (χ1n) is 5.83. The molecule has 0 bridgehead atoms. The molecule has 1 aromatic heterocycles. The highest BCUT2D eigenvalue weighted by Crippen LogP contribution is 2.24. The Kier molecular flexibility index (Phi) is 4.69. The van der Waals surface area contributed by atoms with Gasteiger partial charge in [0, 0.05) is 0 Å². The summed E-state index contributed by atoms with van der Waals surface area (Å²) in [4.78, 5) is 10.8. The van der Waals surface area contributed by atoms with Crippen LogP contribution in [-0.2, 0) is 6.54 Å². The lowest BCUT2D eigenvalue weighted by Crippen LogP contribution is -2.14. The average molecular weight is 318 g/mol. The lowest BCUT2D eigenvalue weighted by Gasteiger charge is -2.09. The Morgan fingerprint density at radius 1 is 1.43 bits per heavy atom. The number of aromatic carboxylic acids is 1. The van der Waals surface area contributed by atoms with Crippen LogP contribution in [-0.4, -0.2) is 32.7 Å². The van der Waals surface area contributed by atoms with Gasteiger partial charge < -0.3 is 9.84 Å². The van der Waals surface area contributed by atoms with Gasteiger partial charge in [0.15, 0.2) is 5.69 Å². The molecule has 1 N–H and O–H groups in total. The van der Waals surface area contributed by atoms with Crippen LogP contribution < -0.4 is 4.74 Å². The first-order chi connectivity index (χ1) is 10.0. The van der Waals surface area contributed by atoms with Crippen molar-refractivity contribution in [3.63, 3.8) is 0 Å². The average Bonchev–Trinajstić information content (AvgIpc) is 2.85. The van der Waals surface area contributed by atoms with E-state index in [4.69, 9.17) is 21.4 Å². The molecule has 0 amide bonds. The fourth-order valence-electron chi connectivity index (χ4n) is 1.66. The molecule has 2 rings (SSSR count). The number of para-hydroxylation sites is 1. The molecular weight excluding hydrogens is 308 g/mol. The Morgan fingerprint density at radius 2 is 2.14 bits per heavy atom. The van der Waals surface area contributed by atoms with Crippen molar-refractivity contribution in [2.45, 2.75) is 13.0 Å². The van der Waals surface area contributed by atoms with Gasteiger partial charge in [0.05, 0.1) is 11.6 Å². The second-order valence-electron chi connectivity index (χ2n) is 3.93. The molecule has 0 aliphatic rings. The summed E-state index contributed by atoms with van der Waals surface area (Å²) in [7, 11) is 0. The molecule has 1 aromatic carbocycles. The normalized spacial score (nSPS) is 10.9. The van der Waals surface area contributed by atoms with Gasteiger partial charge in [0.25, 0.3) is 6.43 Å². The molecule has 0 saturated heterocycles. The molecule has 0 fully saturated rings. The predicted octanol–water partition coefficient (Wildman–Crippen LogP) is 2.65. The monoisotopic (exact) mass is 317 g/mol. The highest BCUT2D eigenvalue weighted by Gasteiger charge is 2.26. The summed E-state index contributed by atoms with van der Waals surface area (Å²) in [6, 6.07) is 6.68. The number of carboxylic acids is 1. The molecule has 0 radical (unpaired) electrons. The fourth-order valence-corrected chi connectivity index (χ4v) is 1.85. The van der Waals surface area contributed by atoms with Gasteiger partial charge in [-0.1, -0.05) is 28.9 Å². The standard InChI is InChI=1S/C12H10ClF2N3O3/c13-7-3-1-2-4-8(7)21-6-5-18-10(11(14)15)9(12(19)20)16-17-18/h1-4,11H,5-6H2,(H,19,20). The Bertz CT molecular complexity index is 648. The van der Waals surface area contributed by atoms with Gasteiger partial charge in [-0.2, -0.15) is 0 Å². The van der Waals surface area contributed by atoms with E-state index >= 15 is 0 Å². The Balaban J connectivity index is 2.07. The maximum absolute atomic E-state index is 12.9.